The standard InChI is InChI=1S/C12H11N3O/c13-10-2-1-5-15-12(10)11(16)8-9-3-6-14-7-4-9/h1-7H,8,13H2. The second-order valence-corrected chi connectivity index (χ2v) is 3.40. The minimum absolute atomic E-state index is 0.0794. The summed E-state index contributed by atoms with van der Waals surface area (Å²) in [7, 11) is 0. The van der Waals surface area contributed by atoms with Gasteiger partial charge < -0.3 is 5.73 Å². The Morgan fingerprint density at radius 1 is 1.19 bits per heavy atom. The number of hydrogen-bond donors (Lipinski definition) is 1. The van der Waals surface area contributed by atoms with Crippen molar-refractivity contribution in [1.29, 1.82) is 0 Å². The number of Topliss-reactive ketones (excluding diaryl/α,β-unsaturated/α-hetero) is 1. The highest BCUT2D eigenvalue weighted by Gasteiger charge is 2.11. The Labute approximate surface area is 93.2 Å². The van der Waals surface area contributed by atoms with Gasteiger partial charge in [0.2, 0.25) is 0 Å². The van der Waals surface area contributed by atoms with Gasteiger partial charge in [0.15, 0.2) is 5.78 Å². The average Bonchev–Trinajstić information content (AvgIpc) is 2.31. The first-order valence-electron chi connectivity index (χ1n) is 4.90. The van der Waals surface area contributed by atoms with Gasteiger partial charge >= 0.3 is 0 Å². The molecule has 0 bridgehead atoms. The summed E-state index contributed by atoms with van der Waals surface area (Å²) in [5, 5.41) is 0. The molecule has 0 aliphatic rings. The summed E-state index contributed by atoms with van der Waals surface area (Å²) in [6, 6.07) is 6.99. The molecule has 0 aliphatic heterocycles. The van der Waals surface area contributed by atoms with E-state index in [2.05, 4.69) is 9.97 Å². The van der Waals surface area contributed by atoms with Crippen molar-refractivity contribution in [1.82, 2.24) is 9.97 Å². The summed E-state index contributed by atoms with van der Waals surface area (Å²) < 4.78 is 0. The first-order valence-corrected chi connectivity index (χ1v) is 4.90. The lowest BCUT2D eigenvalue weighted by Gasteiger charge is -2.02. The second-order valence-electron chi connectivity index (χ2n) is 3.40. The molecular formula is C12H11N3O. The van der Waals surface area contributed by atoms with Crippen LogP contribution in [0.5, 0.6) is 0 Å². The molecule has 0 saturated heterocycles. The highest BCUT2D eigenvalue weighted by atomic mass is 16.1. The second kappa shape index (κ2) is 4.53. The van der Waals surface area contributed by atoms with E-state index in [0.717, 1.165) is 5.56 Å². The quantitative estimate of drug-likeness (QED) is 0.784. The summed E-state index contributed by atoms with van der Waals surface area (Å²) >= 11 is 0. The van der Waals surface area contributed by atoms with Crippen molar-refractivity contribution in [2.24, 2.45) is 0 Å². The Balaban J connectivity index is 2.19. The number of nitrogens with zero attached hydrogens (tertiary/aromatic N) is 2. The van der Waals surface area contributed by atoms with Gasteiger partial charge in [0.25, 0.3) is 0 Å². The third-order valence-corrected chi connectivity index (χ3v) is 2.22. The molecule has 16 heavy (non-hydrogen) atoms. The van der Waals surface area contributed by atoms with Gasteiger partial charge in [-0.2, -0.15) is 0 Å². The lowest BCUT2D eigenvalue weighted by molar-refractivity contribution is 0.0989. The third-order valence-electron chi connectivity index (χ3n) is 2.22. The SMILES string of the molecule is Nc1cccnc1C(=O)Cc1ccncc1. The van der Waals surface area contributed by atoms with Crippen LogP contribution < -0.4 is 5.73 Å². The molecule has 2 aromatic rings. The zero-order chi connectivity index (χ0) is 11.4. The van der Waals surface area contributed by atoms with Crippen molar-refractivity contribution < 1.29 is 4.79 Å². The minimum atomic E-state index is -0.0794. The predicted octanol–water partition coefficient (Wildman–Crippen LogP) is 1.48. The molecule has 80 valence electrons. The normalized spacial score (nSPS) is 10.0. The number of aromatic nitrogens is 2. The van der Waals surface area contributed by atoms with Crippen LogP contribution in [-0.4, -0.2) is 15.8 Å². The molecule has 0 fully saturated rings. The molecule has 0 radical (unpaired) electrons. The fourth-order valence-corrected chi connectivity index (χ4v) is 1.42. The van der Waals surface area contributed by atoms with Gasteiger partial charge in [0.05, 0.1) is 5.69 Å². The molecule has 0 aliphatic carbocycles. The van der Waals surface area contributed by atoms with E-state index in [1.165, 1.54) is 0 Å². The molecular weight excluding hydrogens is 202 g/mol. The smallest absolute Gasteiger partial charge is 0.187 e. The molecule has 4 nitrogen and oxygen atoms in total. The first kappa shape index (κ1) is 10.3. The molecule has 2 N–H and O–H groups in total. The number of nitrogen functional groups attached to an aromatic ring is 1. The number of hydrogen-bond acceptors (Lipinski definition) is 4. The van der Waals surface area contributed by atoms with Crippen molar-refractivity contribution in [2.45, 2.75) is 6.42 Å². The largest absolute Gasteiger partial charge is 0.397 e. The van der Waals surface area contributed by atoms with E-state index >= 15 is 0 Å². The van der Waals surface area contributed by atoms with Crippen molar-refractivity contribution in [3.63, 3.8) is 0 Å². The summed E-state index contributed by atoms with van der Waals surface area (Å²) in [5.41, 5.74) is 7.34. The van der Waals surface area contributed by atoms with E-state index in [4.69, 9.17) is 5.73 Å². The molecule has 0 amide bonds. The average molecular weight is 213 g/mol. The van der Waals surface area contributed by atoms with Crippen LogP contribution >= 0.6 is 0 Å². The molecule has 4 heteroatoms. The zero-order valence-corrected chi connectivity index (χ0v) is 8.63. The number of carbonyl (C=O) groups is 1. The van der Waals surface area contributed by atoms with Gasteiger partial charge in [-0.05, 0) is 29.8 Å². The van der Waals surface area contributed by atoms with E-state index in [1.54, 1.807) is 42.9 Å². The van der Waals surface area contributed by atoms with Crippen molar-refractivity contribution in [3.8, 4) is 0 Å². The summed E-state index contributed by atoms with van der Waals surface area (Å²) in [6.45, 7) is 0. The van der Waals surface area contributed by atoms with E-state index in [0.29, 0.717) is 17.8 Å². The lowest BCUT2D eigenvalue weighted by Crippen LogP contribution is -2.09. The molecule has 0 atom stereocenters. The highest BCUT2D eigenvalue weighted by molar-refractivity contribution is 5.99. The summed E-state index contributed by atoms with van der Waals surface area (Å²) in [5.74, 6) is -0.0794. The van der Waals surface area contributed by atoms with Crippen LogP contribution in [0.15, 0.2) is 42.9 Å². The highest BCUT2D eigenvalue weighted by Crippen LogP contribution is 2.10. The topological polar surface area (TPSA) is 68.9 Å². The maximum atomic E-state index is 11.9. The van der Waals surface area contributed by atoms with Crippen LogP contribution in [0.25, 0.3) is 0 Å². The Morgan fingerprint density at radius 3 is 2.62 bits per heavy atom. The van der Waals surface area contributed by atoms with Crippen molar-refractivity contribution in [3.05, 3.63) is 54.1 Å². The van der Waals surface area contributed by atoms with Crippen LogP contribution in [0.3, 0.4) is 0 Å². The number of anilines is 1. The van der Waals surface area contributed by atoms with Gasteiger partial charge in [-0.15, -0.1) is 0 Å². The number of rotatable bonds is 3. The molecule has 0 spiro atoms. The van der Waals surface area contributed by atoms with E-state index in [1.807, 2.05) is 0 Å². The Hall–Kier alpha value is -2.23. The monoisotopic (exact) mass is 213 g/mol. The molecule has 0 saturated carbocycles. The fourth-order valence-electron chi connectivity index (χ4n) is 1.42. The van der Waals surface area contributed by atoms with Gasteiger partial charge in [0.1, 0.15) is 5.69 Å². The van der Waals surface area contributed by atoms with Gasteiger partial charge in [-0.3, -0.25) is 14.8 Å². The Morgan fingerprint density at radius 2 is 1.94 bits per heavy atom. The molecule has 2 heterocycles. The van der Waals surface area contributed by atoms with Crippen molar-refractivity contribution >= 4 is 11.5 Å². The molecule has 0 unspecified atom stereocenters. The maximum Gasteiger partial charge on any atom is 0.187 e. The van der Waals surface area contributed by atoms with E-state index in [9.17, 15) is 4.79 Å². The zero-order valence-electron chi connectivity index (χ0n) is 8.63. The molecule has 0 aromatic carbocycles. The van der Waals surface area contributed by atoms with Crippen molar-refractivity contribution in [2.75, 3.05) is 5.73 Å². The number of ketones is 1. The third kappa shape index (κ3) is 2.23. The molecule has 2 rings (SSSR count). The van der Waals surface area contributed by atoms with Crippen LogP contribution in [0, 0.1) is 0 Å². The van der Waals surface area contributed by atoms with Gasteiger partial charge in [-0.1, -0.05) is 0 Å². The van der Waals surface area contributed by atoms with Gasteiger partial charge in [-0.25, -0.2) is 0 Å². The predicted molar refractivity (Wildman–Crippen MR) is 60.9 cm³/mol. The minimum Gasteiger partial charge on any atom is -0.397 e. The number of nitrogens with two attached hydrogens (primary N) is 1. The maximum absolute atomic E-state index is 11.9. The number of carbonyl (C=O) groups excluding carboxylic acids is 1. The van der Waals surface area contributed by atoms with Crippen LogP contribution in [0.1, 0.15) is 16.1 Å². The first-order chi connectivity index (χ1) is 7.77. The summed E-state index contributed by atoms with van der Waals surface area (Å²) in [4.78, 5) is 19.7. The van der Waals surface area contributed by atoms with Crippen LogP contribution in [0.2, 0.25) is 0 Å². The lowest BCUT2D eigenvalue weighted by atomic mass is 10.1. The summed E-state index contributed by atoms with van der Waals surface area (Å²) in [6.07, 6.45) is 5.18. The Bertz CT molecular complexity index is 497. The fraction of sp³-hybridized carbons (Fsp3) is 0.0833. The van der Waals surface area contributed by atoms with Crippen LogP contribution in [0.4, 0.5) is 5.69 Å². The van der Waals surface area contributed by atoms with Crippen LogP contribution in [-0.2, 0) is 6.42 Å². The molecule has 2 aromatic heterocycles. The number of pyridine rings is 2. The Kier molecular flexibility index (Phi) is 2.91. The van der Waals surface area contributed by atoms with E-state index in [-0.39, 0.29) is 5.78 Å². The van der Waals surface area contributed by atoms with Gasteiger partial charge in [0, 0.05) is 25.0 Å². The van der Waals surface area contributed by atoms with E-state index < -0.39 is 0 Å².